The maximum atomic E-state index is 11.6. The minimum atomic E-state index is -0.377. The topological polar surface area (TPSA) is 92.8 Å². The number of nitrogens with zero attached hydrogens (tertiary/aromatic N) is 1. The molecule has 1 rings (SSSR count). The average Bonchev–Trinajstić information content (AvgIpc) is 2.86. The van der Waals surface area contributed by atoms with E-state index in [-0.39, 0.29) is 42.6 Å². The highest BCUT2D eigenvalue weighted by Crippen LogP contribution is 2.19. The van der Waals surface area contributed by atoms with Gasteiger partial charge in [-0.05, 0) is 0 Å². The molecule has 24 heavy (non-hydrogen) atoms. The first-order valence-electron chi connectivity index (χ1n) is 7.63. The van der Waals surface area contributed by atoms with E-state index in [1.165, 1.54) is 12.2 Å². The van der Waals surface area contributed by atoms with Crippen LogP contribution in [-0.4, -0.2) is 59.8 Å². The lowest BCUT2D eigenvalue weighted by atomic mass is 10.2. The van der Waals surface area contributed by atoms with Gasteiger partial charge in [0.1, 0.15) is 6.61 Å². The van der Waals surface area contributed by atoms with Crippen LogP contribution in [0.3, 0.4) is 0 Å². The van der Waals surface area contributed by atoms with Crippen molar-refractivity contribution in [3.8, 4) is 0 Å². The molecule has 0 aromatic carbocycles. The van der Waals surface area contributed by atoms with E-state index < -0.39 is 0 Å². The van der Waals surface area contributed by atoms with Crippen LogP contribution in [-0.2, 0) is 23.9 Å². The maximum Gasteiger partial charge on any atom is 0.308 e. The highest BCUT2D eigenvalue weighted by Gasteiger charge is 2.23. The lowest BCUT2D eigenvalue weighted by Gasteiger charge is -2.13. The van der Waals surface area contributed by atoms with Gasteiger partial charge in [0.2, 0.25) is 5.91 Å². The molecule has 0 aromatic heterocycles. The van der Waals surface area contributed by atoms with E-state index in [2.05, 4.69) is 5.32 Å². The summed E-state index contributed by atoms with van der Waals surface area (Å²) in [6, 6.07) is 0. The minimum Gasteiger partial charge on any atom is -0.465 e. The van der Waals surface area contributed by atoms with Gasteiger partial charge < -0.3 is 10.1 Å². The molecular formula is C15H22N2O5S2. The molecule has 0 atom stereocenters. The Balaban J connectivity index is 1.96. The third-order valence-corrected chi connectivity index (χ3v) is 5.31. The minimum absolute atomic E-state index is 0.0968. The molecule has 134 valence electrons. The van der Waals surface area contributed by atoms with Gasteiger partial charge in [-0.1, -0.05) is 35.4 Å². The summed E-state index contributed by atoms with van der Waals surface area (Å²) in [5.74, 6) is 0.161. The molecule has 0 unspecified atom stereocenters. The van der Waals surface area contributed by atoms with Crippen molar-refractivity contribution in [2.45, 2.75) is 20.3 Å². The molecule has 1 aliphatic heterocycles. The van der Waals surface area contributed by atoms with Crippen molar-refractivity contribution in [3.63, 3.8) is 0 Å². The van der Waals surface area contributed by atoms with Crippen LogP contribution in [0.25, 0.3) is 0 Å². The van der Waals surface area contributed by atoms with E-state index >= 15 is 0 Å². The van der Waals surface area contributed by atoms with Gasteiger partial charge in [0, 0.05) is 43.2 Å². The molecule has 1 heterocycles. The number of nitrogens with one attached hydrogen (secondary N) is 1. The van der Waals surface area contributed by atoms with Crippen molar-refractivity contribution in [1.29, 1.82) is 0 Å². The fraction of sp³-hybridized carbons (Fsp3) is 0.600. The Morgan fingerprint density at radius 2 is 1.79 bits per heavy atom. The number of amides is 3. The molecule has 0 saturated carbocycles. The van der Waals surface area contributed by atoms with E-state index in [4.69, 9.17) is 4.74 Å². The molecule has 0 aliphatic carbocycles. The molecule has 0 bridgehead atoms. The molecule has 0 saturated heterocycles. The lowest BCUT2D eigenvalue weighted by Crippen LogP contribution is -2.35. The van der Waals surface area contributed by atoms with Crippen molar-refractivity contribution < 1.29 is 23.9 Å². The standard InChI is InChI=1S/C15H22N2O5S2/c1-11(2)15(21)22-8-10-24-23-9-6-16-12(18)5-7-17-13(19)3-4-14(17)20/h3-4,11H,5-10H2,1-2H3,(H,16,18). The molecule has 0 aromatic rings. The van der Waals surface area contributed by atoms with Crippen LogP contribution in [0.1, 0.15) is 20.3 Å². The largest absolute Gasteiger partial charge is 0.465 e. The zero-order chi connectivity index (χ0) is 17.9. The van der Waals surface area contributed by atoms with Crippen molar-refractivity contribution in [2.75, 3.05) is 31.2 Å². The summed E-state index contributed by atoms with van der Waals surface area (Å²) in [6.45, 7) is 4.56. The first-order chi connectivity index (χ1) is 11.4. The number of hydrogen-bond acceptors (Lipinski definition) is 7. The number of hydrogen-bond donors (Lipinski definition) is 1. The maximum absolute atomic E-state index is 11.6. The van der Waals surface area contributed by atoms with Crippen LogP contribution in [0.5, 0.6) is 0 Å². The van der Waals surface area contributed by atoms with Crippen molar-refractivity contribution in [1.82, 2.24) is 10.2 Å². The van der Waals surface area contributed by atoms with E-state index in [1.807, 2.05) is 0 Å². The monoisotopic (exact) mass is 374 g/mol. The molecule has 1 N–H and O–H groups in total. The molecule has 0 radical (unpaired) electrons. The van der Waals surface area contributed by atoms with Crippen LogP contribution < -0.4 is 5.32 Å². The normalized spacial score (nSPS) is 13.7. The first kappa shape index (κ1) is 20.6. The smallest absolute Gasteiger partial charge is 0.308 e. The van der Waals surface area contributed by atoms with Gasteiger partial charge in [0.15, 0.2) is 0 Å². The van der Waals surface area contributed by atoms with Gasteiger partial charge in [0.25, 0.3) is 11.8 Å². The summed E-state index contributed by atoms with van der Waals surface area (Å²) in [4.78, 5) is 46.5. The fourth-order valence-electron chi connectivity index (χ4n) is 1.65. The quantitative estimate of drug-likeness (QED) is 0.250. The molecule has 0 fully saturated rings. The van der Waals surface area contributed by atoms with Crippen LogP contribution in [0.4, 0.5) is 0 Å². The number of carbonyl (C=O) groups excluding carboxylic acids is 4. The van der Waals surface area contributed by atoms with Crippen LogP contribution >= 0.6 is 21.6 Å². The number of imide groups is 1. The van der Waals surface area contributed by atoms with Gasteiger partial charge >= 0.3 is 5.97 Å². The van der Waals surface area contributed by atoms with E-state index in [9.17, 15) is 19.2 Å². The predicted octanol–water partition coefficient (Wildman–Crippen LogP) is 0.998. The molecule has 9 heteroatoms. The van der Waals surface area contributed by atoms with Crippen LogP contribution in [0.2, 0.25) is 0 Å². The fourth-order valence-corrected chi connectivity index (χ4v) is 3.38. The second kappa shape index (κ2) is 11.1. The summed E-state index contributed by atoms with van der Waals surface area (Å²) in [7, 11) is 3.16. The Morgan fingerprint density at radius 3 is 2.42 bits per heavy atom. The average molecular weight is 374 g/mol. The number of rotatable bonds is 11. The summed E-state index contributed by atoms with van der Waals surface area (Å²) in [6.07, 6.45) is 2.50. The molecule has 0 spiro atoms. The molecule has 1 aliphatic rings. The second-order valence-corrected chi connectivity index (χ2v) is 7.93. The SMILES string of the molecule is CC(C)C(=O)OCCSSCCNC(=O)CCN1C(=O)C=CC1=O. The van der Waals surface area contributed by atoms with Gasteiger partial charge in [-0.3, -0.25) is 24.1 Å². The third kappa shape index (κ3) is 7.87. The highest BCUT2D eigenvalue weighted by molar-refractivity contribution is 8.76. The van der Waals surface area contributed by atoms with E-state index in [0.717, 1.165) is 10.7 Å². The summed E-state index contributed by atoms with van der Waals surface area (Å²) in [5, 5.41) is 2.73. The Morgan fingerprint density at radius 1 is 1.17 bits per heavy atom. The Labute approximate surface area is 149 Å². The van der Waals surface area contributed by atoms with E-state index in [0.29, 0.717) is 18.9 Å². The van der Waals surface area contributed by atoms with Crippen molar-refractivity contribution in [3.05, 3.63) is 12.2 Å². The van der Waals surface area contributed by atoms with Gasteiger partial charge in [0.05, 0.1) is 5.92 Å². The number of esters is 1. The van der Waals surface area contributed by atoms with Gasteiger partial charge in [-0.15, -0.1) is 0 Å². The van der Waals surface area contributed by atoms with Gasteiger partial charge in [-0.25, -0.2) is 0 Å². The Bertz CT molecular complexity index is 490. The molecule has 3 amide bonds. The second-order valence-electron chi connectivity index (χ2n) is 5.23. The summed E-state index contributed by atoms with van der Waals surface area (Å²) < 4.78 is 5.04. The van der Waals surface area contributed by atoms with Gasteiger partial charge in [-0.2, -0.15) is 0 Å². The molecule has 7 nitrogen and oxygen atoms in total. The van der Waals surface area contributed by atoms with E-state index in [1.54, 1.807) is 35.4 Å². The third-order valence-electron chi connectivity index (χ3n) is 2.94. The summed E-state index contributed by atoms with van der Waals surface area (Å²) >= 11 is 0. The Hall–Kier alpha value is -1.48. The zero-order valence-corrected chi connectivity index (χ0v) is 15.4. The van der Waals surface area contributed by atoms with Crippen LogP contribution in [0, 0.1) is 5.92 Å². The molecular weight excluding hydrogens is 352 g/mol. The summed E-state index contributed by atoms with van der Waals surface area (Å²) in [5.41, 5.74) is 0. The lowest BCUT2D eigenvalue weighted by molar-refractivity contribution is -0.146. The number of ether oxygens (including phenoxy) is 1. The Kier molecular flexibility index (Phi) is 9.55. The zero-order valence-electron chi connectivity index (χ0n) is 13.8. The van der Waals surface area contributed by atoms with Crippen LogP contribution in [0.15, 0.2) is 12.2 Å². The number of carbonyl (C=O) groups is 4. The predicted molar refractivity (Wildman–Crippen MR) is 94.2 cm³/mol. The highest BCUT2D eigenvalue weighted by atomic mass is 33.1. The van der Waals surface area contributed by atoms with Crippen molar-refractivity contribution >= 4 is 45.3 Å². The van der Waals surface area contributed by atoms with Crippen molar-refractivity contribution in [2.24, 2.45) is 5.92 Å². The first-order valence-corrected chi connectivity index (χ1v) is 10.1.